The lowest BCUT2D eigenvalue weighted by molar-refractivity contribution is -0.142. The Labute approximate surface area is 118 Å². The van der Waals surface area contributed by atoms with E-state index in [9.17, 15) is 9.59 Å². The minimum atomic E-state index is -0.495. The highest BCUT2D eigenvalue weighted by Crippen LogP contribution is 2.60. The molecule has 4 atom stereocenters. The summed E-state index contributed by atoms with van der Waals surface area (Å²) in [5, 5.41) is 0. The third-order valence-corrected chi connectivity index (χ3v) is 5.38. The van der Waals surface area contributed by atoms with Gasteiger partial charge in [0.25, 0.3) is 0 Å². The molecule has 3 nitrogen and oxygen atoms in total. The second kappa shape index (κ2) is 3.81. The minimum absolute atomic E-state index is 0.0215. The van der Waals surface area contributed by atoms with Crippen molar-refractivity contribution in [1.82, 2.24) is 4.90 Å². The lowest BCUT2D eigenvalue weighted by atomic mass is 9.71. The number of amides is 2. The molecule has 0 radical (unpaired) electrons. The summed E-state index contributed by atoms with van der Waals surface area (Å²) in [4.78, 5) is 26.9. The largest absolute Gasteiger partial charge is 0.277 e. The van der Waals surface area contributed by atoms with E-state index in [-0.39, 0.29) is 29.6 Å². The standard InChI is InChI=1S/C17H17NO2/c1-17-13-8-7-12(9-13)14(17)15(19)18(16(17)20)10-11-5-3-2-4-6-11/h2-8,12-14H,9-10H2,1H3/t12-,13-,14-,17-/m1/s1. The van der Waals surface area contributed by atoms with Crippen LogP contribution in [0.4, 0.5) is 0 Å². The minimum Gasteiger partial charge on any atom is -0.277 e. The zero-order valence-corrected chi connectivity index (χ0v) is 11.5. The highest BCUT2D eigenvalue weighted by atomic mass is 16.2. The molecule has 0 spiro atoms. The fraction of sp³-hybridized carbons (Fsp3) is 0.412. The molecule has 102 valence electrons. The molecule has 2 fully saturated rings. The van der Waals surface area contributed by atoms with Crippen molar-refractivity contribution in [2.75, 3.05) is 0 Å². The van der Waals surface area contributed by atoms with Gasteiger partial charge in [-0.05, 0) is 30.7 Å². The summed E-state index contributed by atoms with van der Waals surface area (Å²) in [6.07, 6.45) is 5.24. The second-order valence-corrected chi connectivity index (χ2v) is 6.37. The van der Waals surface area contributed by atoms with Crippen LogP contribution < -0.4 is 0 Å². The molecule has 0 aromatic heterocycles. The highest BCUT2D eigenvalue weighted by Gasteiger charge is 2.66. The molecule has 4 rings (SSSR count). The Morgan fingerprint density at radius 3 is 2.65 bits per heavy atom. The quantitative estimate of drug-likeness (QED) is 0.609. The van der Waals surface area contributed by atoms with Crippen LogP contribution in [-0.4, -0.2) is 16.7 Å². The maximum absolute atomic E-state index is 12.8. The van der Waals surface area contributed by atoms with Gasteiger partial charge >= 0.3 is 0 Å². The number of hydrogen-bond donors (Lipinski definition) is 0. The van der Waals surface area contributed by atoms with Gasteiger partial charge in [-0.25, -0.2) is 0 Å². The molecule has 0 unspecified atom stereocenters. The van der Waals surface area contributed by atoms with Crippen molar-refractivity contribution in [3.8, 4) is 0 Å². The van der Waals surface area contributed by atoms with Crippen molar-refractivity contribution < 1.29 is 9.59 Å². The van der Waals surface area contributed by atoms with Crippen LogP contribution in [0, 0.1) is 23.2 Å². The van der Waals surface area contributed by atoms with Crippen LogP contribution in [0.5, 0.6) is 0 Å². The van der Waals surface area contributed by atoms with E-state index in [1.807, 2.05) is 37.3 Å². The zero-order chi connectivity index (χ0) is 13.9. The van der Waals surface area contributed by atoms with Gasteiger partial charge in [-0.1, -0.05) is 42.5 Å². The van der Waals surface area contributed by atoms with Crippen LogP contribution in [-0.2, 0) is 16.1 Å². The Kier molecular flexibility index (Phi) is 2.27. The first-order chi connectivity index (χ1) is 9.62. The van der Waals surface area contributed by atoms with Gasteiger partial charge in [-0.15, -0.1) is 0 Å². The van der Waals surface area contributed by atoms with E-state index in [2.05, 4.69) is 12.2 Å². The molecule has 1 aliphatic heterocycles. The number of rotatable bonds is 2. The highest BCUT2D eigenvalue weighted by molar-refractivity contribution is 6.08. The van der Waals surface area contributed by atoms with Crippen LogP contribution >= 0.6 is 0 Å². The predicted molar refractivity (Wildman–Crippen MR) is 74.3 cm³/mol. The Balaban J connectivity index is 1.68. The molecule has 2 amide bonds. The normalized spacial score (nSPS) is 37.9. The number of fused-ring (bicyclic) bond motifs is 5. The number of allylic oxidation sites excluding steroid dienone is 2. The average Bonchev–Trinajstić information content (AvgIpc) is 3.08. The molecule has 2 aliphatic carbocycles. The van der Waals surface area contributed by atoms with Gasteiger partial charge in [-0.2, -0.15) is 0 Å². The summed E-state index contributed by atoms with van der Waals surface area (Å²) in [5.74, 6) is 0.428. The monoisotopic (exact) mass is 267 g/mol. The number of nitrogens with zero attached hydrogens (tertiary/aromatic N) is 1. The van der Waals surface area contributed by atoms with E-state index >= 15 is 0 Å². The molecule has 1 aromatic rings. The van der Waals surface area contributed by atoms with Gasteiger partial charge in [0.2, 0.25) is 11.8 Å². The Hall–Kier alpha value is -1.90. The fourth-order valence-corrected chi connectivity index (χ4v) is 4.30. The van der Waals surface area contributed by atoms with E-state index in [1.165, 1.54) is 4.90 Å². The van der Waals surface area contributed by atoms with E-state index in [0.29, 0.717) is 6.54 Å². The number of likely N-dealkylation sites (tertiary alicyclic amines) is 1. The van der Waals surface area contributed by atoms with Crippen LogP contribution in [0.2, 0.25) is 0 Å². The second-order valence-electron chi connectivity index (χ2n) is 6.37. The summed E-state index contributed by atoms with van der Waals surface area (Å²) in [6.45, 7) is 2.39. The van der Waals surface area contributed by atoms with Gasteiger partial charge in [0.05, 0.1) is 17.9 Å². The topological polar surface area (TPSA) is 37.4 Å². The lowest BCUT2D eigenvalue weighted by Gasteiger charge is -2.28. The molecular formula is C17H17NO2. The van der Waals surface area contributed by atoms with Crippen LogP contribution in [0.3, 0.4) is 0 Å². The molecule has 1 heterocycles. The lowest BCUT2D eigenvalue weighted by Crippen LogP contribution is -2.37. The molecule has 1 saturated carbocycles. The molecule has 20 heavy (non-hydrogen) atoms. The SMILES string of the molecule is C[C@]12C(=O)N(Cc3ccccc3)C(=O)[C@H]1[C@@H]1C=C[C@@H]2C1. The maximum atomic E-state index is 12.8. The molecule has 3 heteroatoms. The van der Waals surface area contributed by atoms with Crippen molar-refractivity contribution in [2.24, 2.45) is 23.2 Å². The van der Waals surface area contributed by atoms with Crippen LogP contribution in [0.1, 0.15) is 18.9 Å². The Morgan fingerprint density at radius 1 is 1.20 bits per heavy atom. The summed E-state index contributed by atoms with van der Waals surface area (Å²) in [5.41, 5.74) is 0.517. The van der Waals surface area contributed by atoms with E-state index in [0.717, 1.165) is 12.0 Å². The van der Waals surface area contributed by atoms with Gasteiger partial charge < -0.3 is 0 Å². The third-order valence-electron chi connectivity index (χ3n) is 5.38. The van der Waals surface area contributed by atoms with Gasteiger partial charge in [0.15, 0.2) is 0 Å². The predicted octanol–water partition coefficient (Wildman–Crippen LogP) is 2.38. The fourth-order valence-electron chi connectivity index (χ4n) is 4.30. The van der Waals surface area contributed by atoms with E-state index < -0.39 is 5.41 Å². The molecule has 2 bridgehead atoms. The molecule has 1 saturated heterocycles. The first-order valence-corrected chi connectivity index (χ1v) is 7.20. The van der Waals surface area contributed by atoms with Gasteiger partial charge in [0, 0.05) is 0 Å². The van der Waals surface area contributed by atoms with Crippen molar-refractivity contribution in [1.29, 1.82) is 0 Å². The van der Waals surface area contributed by atoms with E-state index in [1.54, 1.807) is 0 Å². The van der Waals surface area contributed by atoms with Crippen molar-refractivity contribution >= 4 is 11.8 Å². The summed E-state index contributed by atoms with van der Waals surface area (Å²) >= 11 is 0. The molecule has 0 N–H and O–H groups in total. The smallest absolute Gasteiger partial charge is 0.236 e. The first kappa shape index (κ1) is 11.9. The number of carbonyl (C=O) groups excluding carboxylic acids is 2. The number of hydrogen-bond acceptors (Lipinski definition) is 2. The third kappa shape index (κ3) is 1.30. The summed E-state index contributed by atoms with van der Waals surface area (Å²) < 4.78 is 0. The van der Waals surface area contributed by atoms with Crippen LogP contribution in [0.25, 0.3) is 0 Å². The first-order valence-electron chi connectivity index (χ1n) is 7.20. The Morgan fingerprint density at radius 2 is 1.95 bits per heavy atom. The summed E-state index contributed by atoms with van der Waals surface area (Å²) in [7, 11) is 0. The number of benzene rings is 1. The zero-order valence-electron chi connectivity index (χ0n) is 11.5. The number of carbonyl (C=O) groups is 2. The van der Waals surface area contributed by atoms with Crippen molar-refractivity contribution in [3.05, 3.63) is 48.0 Å². The molecular weight excluding hydrogens is 250 g/mol. The summed E-state index contributed by atoms with van der Waals surface area (Å²) in [6, 6.07) is 9.74. The molecule has 1 aromatic carbocycles. The average molecular weight is 267 g/mol. The van der Waals surface area contributed by atoms with E-state index in [4.69, 9.17) is 0 Å². The van der Waals surface area contributed by atoms with Crippen LogP contribution in [0.15, 0.2) is 42.5 Å². The van der Waals surface area contributed by atoms with Crippen molar-refractivity contribution in [3.63, 3.8) is 0 Å². The van der Waals surface area contributed by atoms with Gasteiger partial charge in [-0.3, -0.25) is 14.5 Å². The van der Waals surface area contributed by atoms with Gasteiger partial charge in [0.1, 0.15) is 0 Å². The maximum Gasteiger partial charge on any atom is 0.236 e. The molecule has 3 aliphatic rings. The van der Waals surface area contributed by atoms with Crippen molar-refractivity contribution in [2.45, 2.75) is 19.9 Å². The number of imide groups is 1. The Bertz CT molecular complexity index is 621.